The van der Waals surface area contributed by atoms with Crippen LogP contribution in [-0.4, -0.2) is 14.2 Å². The monoisotopic (exact) mass is 314 g/mol. The molecule has 0 saturated heterocycles. The Hall–Kier alpha value is -1.36. The fourth-order valence-electron chi connectivity index (χ4n) is 1.66. The van der Waals surface area contributed by atoms with Gasteiger partial charge in [0.15, 0.2) is 5.78 Å². The van der Waals surface area contributed by atoms with Gasteiger partial charge in [-0.2, -0.15) is 0 Å². The molecule has 19 heavy (non-hydrogen) atoms. The van der Waals surface area contributed by atoms with Crippen molar-refractivity contribution in [3.8, 4) is 0 Å². The van der Waals surface area contributed by atoms with Crippen molar-refractivity contribution < 1.29 is 13.2 Å². The molecule has 0 fully saturated rings. The Labute approximate surface area is 120 Å². The summed E-state index contributed by atoms with van der Waals surface area (Å²) in [6.45, 7) is 0. The van der Waals surface area contributed by atoms with Crippen LogP contribution in [-0.2, 0) is 9.05 Å². The van der Waals surface area contributed by atoms with Gasteiger partial charge < -0.3 is 0 Å². The van der Waals surface area contributed by atoms with Crippen molar-refractivity contribution in [3.63, 3.8) is 0 Å². The molecule has 0 unspecified atom stereocenters. The molecule has 0 heterocycles. The summed E-state index contributed by atoms with van der Waals surface area (Å²) >= 11 is 5.94. The number of benzene rings is 2. The van der Waals surface area contributed by atoms with Gasteiger partial charge in [-0.15, -0.1) is 0 Å². The van der Waals surface area contributed by atoms with E-state index in [1.807, 2.05) is 0 Å². The summed E-state index contributed by atoms with van der Waals surface area (Å²) in [5, 5.41) is 0.0515. The standard InChI is InChI=1S/C13H8Cl2O3S/c14-10-7-4-8-11(19(15,17)18)12(10)13(16)9-5-2-1-3-6-9/h1-8H. The fourth-order valence-corrected chi connectivity index (χ4v) is 3.05. The van der Waals surface area contributed by atoms with E-state index in [0.717, 1.165) is 0 Å². The molecule has 6 heteroatoms. The van der Waals surface area contributed by atoms with E-state index in [4.69, 9.17) is 22.3 Å². The van der Waals surface area contributed by atoms with Crippen molar-refractivity contribution in [2.24, 2.45) is 0 Å². The molecule has 3 nitrogen and oxygen atoms in total. The van der Waals surface area contributed by atoms with Gasteiger partial charge >= 0.3 is 0 Å². The second-order valence-electron chi connectivity index (χ2n) is 3.75. The van der Waals surface area contributed by atoms with E-state index in [1.165, 1.54) is 18.2 Å². The van der Waals surface area contributed by atoms with Gasteiger partial charge in [0.25, 0.3) is 9.05 Å². The zero-order chi connectivity index (χ0) is 14.0. The third kappa shape index (κ3) is 2.97. The molecule has 0 N–H and O–H groups in total. The lowest BCUT2D eigenvalue weighted by molar-refractivity contribution is 0.103. The van der Waals surface area contributed by atoms with Gasteiger partial charge in [0, 0.05) is 16.2 Å². The van der Waals surface area contributed by atoms with Crippen LogP contribution in [0.3, 0.4) is 0 Å². The molecule has 0 aliphatic heterocycles. The highest BCUT2D eigenvalue weighted by atomic mass is 35.7. The third-order valence-electron chi connectivity index (χ3n) is 2.50. The first-order valence-electron chi connectivity index (χ1n) is 5.24. The number of carbonyl (C=O) groups excluding carboxylic acids is 1. The predicted octanol–water partition coefficient (Wildman–Crippen LogP) is 3.50. The van der Waals surface area contributed by atoms with E-state index in [2.05, 4.69) is 0 Å². The molecule has 0 saturated carbocycles. The molecule has 0 aromatic heterocycles. The number of hydrogen-bond donors (Lipinski definition) is 0. The Morgan fingerprint density at radius 1 is 0.947 bits per heavy atom. The van der Waals surface area contributed by atoms with Crippen LogP contribution >= 0.6 is 22.3 Å². The van der Waals surface area contributed by atoms with Crippen LogP contribution in [0, 0.1) is 0 Å². The SMILES string of the molecule is O=C(c1ccccc1)c1c(Cl)cccc1S(=O)(=O)Cl. The van der Waals surface area contributed by atoms with Gasteiger partial charge in [-0.3, -0.25) is 4.79 Å². The Morgan fingerprint density at radius 3 is 2.16 bits per heavy atom. The largest absolute Gasteiger partial charge is 0.289 e. The van der Waals surface area contributed by atoms with Crippen molar-refractivity contribution in [2.75, 3.05) is 0 Å². The van der Waals surface area contributed by atoms with Gasteiger partial charge in [0.2, 0.25) is 0 Å². The normalized spacial score (nSPS) is 11.3. The number of carbonyl (C=O) groups is 1. The molecule has 2 aromatic rings. The summed E-state index contributed by atoms with van der Waals surface area (Å²) in [6.07, 6.45) is 0. The smallest absolute Gasteiger partial charge is 0.262 e. The molecule has 2 rings (SSSR count). The van der Waals surface area contributed by atoms with Crippen molar-refractivity contribution in [1.82, 2.24) is 0 Å². The van der Waals surface area contributed by atoms with Crippen LogP contribution in [0.5, 0.6) is 0 Å². The summed E-state index contributed by atoms with van der Waals surface area (Å²) in [7, 11) is 1.29. The summed E-state index contributed by atoms with van der Waals surface area (Å²) in [5.74, 6) is -0.481. The topological polar surface area (TPSA) is 51.2 Å². The van der Waals surface area contributed by atoms with Crippen LogP contribution in [0.4, 0.5) is 0 Å². The molecule has 0 bridgehead atoms. The van der Waals surface area contributed by atoms with Gasteiger partial charge in [-0.05, 0) is 12.1 Å². The lowest BCUT2D eigenvalue weighted by atomic mass is 10.0. The van der Waals surface area contributed by atoms with Crippen molar-refractivity contribution in [2.45, 2.75) is 4.90 Å². The van der Waals surface area contributed by atoms with Crippen LogP contribution in [0.25, 0.3) is 0 Å². The molecule has 0 atom stereocenters. The first-order valence-corrected chi connectivity index (χ1v) is 7.93. The zero-order valence-electron chi connectivity index (χ0n) is 9.51. The maximum atomic E-state index is 12.3. The Morgan fingerprint density at radius 2 is 1.58 bits per heavy atom. The third-order valence-corrected chi connectivity index (χ3v) is 4.18. The number of halogens is 2. The van der Waals surface area contributed by atoms with Gasteiger partial charge in [0.1, 0.15) is 0 Å². The van der Waals surface area contributed by atoms with Crippen LogP contribution in [0.15, 0.2) is 53.4 Å². The van der Waals surface area contributed by atoms with E-state index in [1.54, 1.807) is 30.3 Å². The van der Waals surface area contributed by atoms with Crippen molar-refractivity contribution >= 4 is 37.1 Å². The fraction of sp³-hybridized carbons (Fsp3) is 0. The van der Waals surface area contributed by atoms with Crippen molar-refractivity contribution in [1.29, 1.82) is 0 Å². The van der Waals surface area contributed by atoms with Crippen molar-refractivity contribution in [3.05, 3.63) is 64.7 Å². The first-order chi connectivity index (χ1) is 8.91. The highest BCUT2D eigenvalue weighted by molar-refractivity contribution is 8.13. The minimum absolute atomic E-state index is 0.0515. The van der Waals surface area contributed by atoms with E-state index in [9.17, 15) is 13.2 Å². The molecule has 0 aliphatic carbocycles. The lowest BCUT2D eigenvalue weighted by Gasteiger charge is -2.08. The quantitative estimate of drug-likeness (QED) is 0.643. The van der Waals surface area contributed by atoms with Crippen LogP contribution < -0.4 is 0 Å². The second kappa shape index (κ2) is 5.33. The number of rotatable bonds is 3. The molecular weight excluding hydrogens is 307 g/mol. The molecule has 0 spiro atoms. The van der Waals surface area contributed by atoms with Gasteiger partial charge in [-0.25, -0.2) is 8.42 Å². The van der Waals surface area contributed by atoms with E-state index in [-0.39, 0.29) is 15.5 Å². The Bertz CT molecular complexity index is 725. The summed E-state index contributed by atoms with van der Waals surface area (Å²) < 4.78 is 23.0. The van der Waals surface area contributed by atoms with Crippen LogP contribution in [0.1, 0.15) is 15.9 Å². The first kappa shape index (κ1) is 14.1. The zero-order valence-corrected chi connectivity index (χ0v) is 11.8. The van der Waals surface area contributed by atoms with Gasteiger partial charge in [0.05, 0.1) is 15.5 Å². The minimum atomic E-state index is -4.04. The molecule has 0 radical (unpaired) electrons. The summed E-state index contributed by atoms with van der Waals surface area (Å²) in [5.41, 5.74) is 0.238. The predicted molar refractivity (Wildman–Crippen MR) is 74.4 cm³/mol. The average Bonchev–Trinajstić information content (AvgIpc) is 2.37. The maximum absolute atomic E-state index is 12.3. The maximum Gasteiger partial charge on any atom is 0.262 e. The van der Waals surface area contributed by atoms with Crippen LogP contribution in [0.2, 0.25) is 5.02 Å². The molecule has 0 amide bonds. The van der Waals surface area contributed by atoms with E-state index in [0.29, 0.717) is 5.56 Å². The summed E-state index contributed by atoms with van der Waals surface area (Å²) in [6, 6.07) is 12.4. The summed E-state index contributed by atoms with van der Waals surface area (Å²) in [4.78, 5) is 12.0. The van der Waals surface area contributed by atoms with E-state index < -0.39 is 14.8 Å². The molecule has 2 aromatic carbocycles. The average molecular weight is 315 g/mol. The highest BCUT2D eigenvalue weighted by Crippen LogP contribution is 2.28. The lowest BCUT2D eigenvalue weighted by Crippen LogP contribution is -2.08. The Kier molecular flexibility index (Phi) is 3.94. The number of ketones is 1. The Balaban J connectivity index is 2.67. The number of hydrogen-bond acceptors (Lipinski definition) is 3. The molecular formula is C13H8Cl2O3S. The van der Waals surface area contributed by atoms with E-state index >= 15 is 0 Å². The molecule has 0 aliphatic rings. The highest BCUT2D eigenvalue weighted by Gasteiger charge is 2.23. The minimum Gasteiger partial charge on any atom is -0.289 e. The molecule has 98 valence electrons. The van der Waals surface area contributed by atoms with Gasteiger partial charge in [-0.1, -0.05) is 48.0 Å². The second-order valence-corrected chi connectivity index (χ2v) is 6.69.